The van der Waals surface area contributed by atoms with Crippen LogP contribution in [0.5, 0.6) is 0 Å². The molecule has 3 rings (SSSR count). The van der Waals surface area contributed by atoms with E-state index in [9.17, 15) is 4.79 Å². The number of carbonyl (C=O) groups is 1. The van der Waals surface area contributed by atoms with Gasteiger partial charge in [-0.3, -0.25) is 4.40 Å². The number of carboxylic acid groups (broad SMARTS) is 1. The van der Waals surface area contributed by atoms with Gasteiger partial charge >= 0.3 is 5.97 Å². The first-order valence-corrected chi connectivity index (χ1v) is 6.10. The van der Waals surface area contributed by atoms with E-state index in [0.717, 1.165) is 11.3 Å². The molecule has 0 saturated heterocycles. The summed E-state index contributed by atoms with van der Waals surface area (Å²) in [5, 5.41) is 12.3. The number of aromatic carboxylic acids is 1. The maximum Gasteiger partial charge on any atom is 0.372 e. The zero-order chi connectivity index (χ0) is 13.9. The fraction of sp³-hybridized carbons (Fsp3) is 0.0714. The molecule has 3 heterocycles. The number of fused-ring (bicyclic) bond motifs is 1. The lowest BCUT2D eigenvalue weighted by molar-refractivity contribution is 0.0682. The topological polar surface area (TPSA) is 79.5 Å². The highest BCUT2D eigenvalue weighted by atomic mass is 16.4. The van der Waals surface area contributed by atoms with Gasteiger partial charge in [0, 0.05) is 12.4 Å². The third-order valence-electron chi connectivity index (χ3n) is 2.92. The minimum Gasteiger partial charge on any atom is -0.475 e. The van der Waals surface area contributed by atoms with Crippen LogP contribution >= 0.6 is 0 Å². The van der Waals surface area contributed by atoms with Crippen LogP contribution in [-0.4, -0.2) is 25.4 Å². The van der Waals surface area contributed by atoms with Crippen molar-refractivity contribution in [2.45, 2.75) is 6.54 Å². The van der Waals surface area contributed by atoms with Crippen LogP contribution in [0, 0.1) is 0 Å². The zero-order valence-corrected chi connectivity index (χ0v) is 10.5. The van der Waals surface area contributed by atoms with Gasteiger partial charge in [-0.05, 0) is 24.3 Å². The van der Waals surface area contributed by atoms with Crippen molar-refractivity contribution < 1.29 is 9.90 Å². The van der Waals surface area contributed by atoms with Crippen LogP contribution < -0.4 is 5.32 Å². The number of pyridine rings is 2. The minimum atomic E-state index is -1.05. The Morgan fingerprint density at radius 1 is 1.25 bits per heavy atom. The molecule has 0 amide bonds. The molecule has 0 aliphatic carbocycles. The van der Waals surface area contributed by atoms with Crippen molar-refractivity contribution in [3.05, 3.63) is 60.3 Å². The van der Waals surface area contributed by atoms with Gasteiger partial charge in [-0.1, -0.05) is 12.1 Å². The Morgan fingerprint density at radius 3 is 2.85 bits per heavy atom. The van der Waals surface area contributed by atoms with E-state index >= 15 is 0 Å². The molecule has 20 heavy (non-hydrogen) atoms. The number of nitrogens with one attached hydrogen (secondary N) is 1. The molecule has 3 aromatic heterocycles. The van der Waals surface area contributed by atoms with E-state index in [1.54, 1.807) is 22.9 Å². The van der Waals surface area contributed by atoms with Crippen LogP contribution in [0.25, 0.3) is 5.52 Å². The molecule has 0 bridgehead atoms. The fourth-order valence-corrected chi connectivity index (χ4v) is 2.02. The summed E-state index contributed by atoms with van der Waals surface area (Å²) in [4.78, 5) is 19.5. The van der Waals surface area contributed by atoms with Crippen molar-refractivity contribution in [3.63, 3.8) is 0 Å². The van der Waals surface area contributed by atoms with E-state index in [1.807, 2.05) is 30.3 Å². The number of nitrogens with zero attached hydrogens (tertiary/aromatic N) is 3. The Kier molecular flexibility index (Phi) is 3.04. The lowest BCUT2D eigenvalue weighted by atomic mass is 10.3. The van der Waals surface area contributed by atoms with Gasteiger partial charge in [0.1, 0.15) is 5.82 Å². The predicted molar refractivity (Wildman–Crippen MR) is 73.7 cm³/mol. The molecule has 0 radical (unpaired) electrons. The number of anilines is 1. The van der Waals surface area contributed by atoms with Gasteiger partial charge in [0.2, 0.25) is 5.82 Å². The number of rotatable bonds is 4. The number of aromatic nitrogens is 3. The van der Waals surface area contributed by atoms with Crippen LogP contribution in [0.15, 0.2) is 48.8 Å². The van der Waals surface area contributed by atoms with Gasteiger partial charge in [0.15, 0.2) is 0 Å². The normalized spacial score (nSPS) is 10.6. The Labute approximate surface area is 114 Å². The Hall–Kier alpha value is -2.89. The fourth-order valence-electron chi connectivity index (χ4n) is 2.02. The maximum atomic E-state index is 11.2. The number of imidazole rings is 1. The van der Waals surface area contributed by atoms with Gasteiger partial charge in [0.05, 0.1) is 17.8 Å². The highest BCUT2D eigenvalue weighted by Crippen LogP contribution is 2.14. The molecule has 0 atom stereocenters. The van der Waals surface area contributed by atoms with Crippen LogP contribution in [0.4, 0.5) is 5.82 Å². The summed E-state index contributed by atoms with van der Waals surface area (Å²) in [6, 6.07) is 11.0. The van der Waals surface area contributed by atoms with Crippen LogP contribution in [0.3, 0.4) is 0 Å². The van der Waals surface area contributed by atoms with Crippen molar-refractivity contribution >= 4 is 17.3 Å². The zero-order valence-electron chi connectivity index (χ0n) is 10.5. The van der Waals surface area contributed by atoms with E-state index in [1.165, 1.54) is 0 Å². The molecule has 2 N–H and O–H groups in total. The highest BCUT2D eigenvalue weighted by molar-refractivity contribution is 5.85. The average Bonchev–Trinajstić information content (AvgIpc) is 2.85. The van der Waals surface area contributed by atoms with Crippen molar-refractivity contribution in [3.8, 4) is 0 Å². The molecule has 0 spiro atoms. The lowest BCUT2D eigenvalue weighted by Gasteiger charge is -2.03. The second kappa shape index (κ2) is 5.00. The maximum absolute atomic E-state index is 11.2. The van der Waals surface area contributed by atoms with E-state index < -0.39 is 5.97 Å². The van der Waals surface area contributed by atoms with Gasteiger partial charge in [-0.25, -0.2) is 14.8 Å². The summed E-state index contributed by atoms with van der Waals surface area (Å²) in [6.07, 6.45) is 3.38. The highest BCUT2D eigenvalue weighted by Gasteiger charge is 2.15. The molecule has 0 aromatic carbocycles. The molecule has 0 aliphatic heterocycles. The Balaban J connectivity index is 1.94. The smallest absolute Gasteiger partial charge is 0.372 e. The van der Waals surface area contributed by atoms with Gasteiger partial charge < -0.3 is 10.4 Å². The quantitative estimate of drug-likeness (QED) is 0.757. The number of carboxylic acids is 1. The predicted octanol–water partition coefficient (Wildman–Crippen LogP) is 2.04. The summed E-state index contributed by atoms with van der Waals surface area (Å²) in [7, 11) is 0. The van der Waals surface area contributed by atoms with Crippen LogP contribution in [0.1, 0.15) is 16.3 Å². The molecular formula is C14H12N4O2. The Bertz CT molecular complexity index is 752. The van der Waals surface area contributed by atoms with Crippen molar-refractivity contribution in [2.75, 3.05) is 5.32 Å². The molecule has 0 aliphatic rings. The third kappa shape index (κ3) is 2.18. The molecular weight excluding hydrogens is 256 g/mol. The van der Waals surface area contributed by atoms with Crippen molar-refractivity contribution in [1.82, 2.24) is 14.4 Å². The number of hydrogen-bond donors (Lipinski definition) is 2. The van der Waals surface area contributed by atoms with Gasteiger partial charge in [-0.2, -0.15) is 0 Å². The van der Waals surface area contributed by atoms with E-state index in [4.69, 9.17) is 5.11 Å². The molecule has 100 valence electrons. The largest absolute Gasteiger partial charge is 0.475 e. The second-order valence-corrected chi connectivity index (χ2v) is 4.21. The minimum absolute atomic E-state index is 0.0124. The number of hydrogen-bond acceptors (Lipinski definition) is 4. The summed E-state index contributed by atoms with van der Waals surface area (Å²) < 4.78 is 1.57. The molecule has 3 aromatic rings. The van der Waals surface area contributed by atoms with E-state index in [-0.39, 0.29) is 5.82 Å². The Morgan fingerprint density at radius 2 is 2.10 bits per heavy atom. The summed E-state index contributed by atoms with van der Waals surface area (Å²) in [6.45, 7) is 0.414. The average molecular weight is 268 g/mol. The van der Waals surface area contributed by atoms with Crippen LogP contribution in [0.2, 0.25) is 0 Å². The van der Waals surface area contributed by atoms with Gasteiger partial charge in [0.25, 0.3) is 0 Å². The van der Waals surface area contributed by atoms with E-state index in [0.29, 0.717) is 12.2 Å². The van der Waals surface area contributed by atoms with Crippen molar-refractivity contribution in [1.29, 1.82) is 0 Å². The first-order valence-electron chi connectivity index (χ1n) is 6.10. The first kappa shape index (κ1) is 12.2. The molecule has 6 nitrogen and oxygen atoms in total. The van der Waals surface area contributed by atoms with Crippen molar-refractivity contribution in [2.24, 2.45) is 0 Å². The van der Waals surface area contributed by atoms with Gasteiger partial charge in [-0.15, -0.1) is 0 Å². The monoisotopic (exact) mass is 268 g/mol. The molecule has 0 unspecified atom stereocenters. The summed E-state index contributed by atoms with van der Waals surface area (Å²) in [5.74, 6) is -0.310. The molecule has 0 saturated carbocycles. The standard InChI is InChI=1S/C14H12N4O2/c19-14(20)13-17-10(11-5-2-4-8-18(11)13)9-16-12-6-1-3-7-15-12/h1-8H,9H2,(H,15,16)(H,19,20). The second-order valence-electron chi connectivity index (χ2n) is 4.21. The summed E-state index contributed by atoms with van der Waals surface area (Å²) in [5.41, 5.74) is 1.45. The molecule has 6 heteroatoms. The SMILES string of the molecule is O=C(O)c1nc(CNc2ccccn2)c2ccccn12. The van der Waals surface area contributed by atoms with Crippen LogP contribution in [-0.2, 0) is 6.54 Å². The summed E-state index contributed by atoms with van der Waals surface area (Å²) >= 11 is 0. The first-order chi connectivity index (χ1) is 9.75. The third-order valence-corrected chi connectivity index (χ3v) is 2.92. The lowest BCUT2D eigenvalue weighted by Crippen LogP contribution is -2.04. The van der Waals surface area contributed by atoms with E-state index in [2.05, 4.69) is 15.3 Å². The molecule has 0 fully saturated rings.